The van der Waals surface area contributed by atoms with Gasteiger partial charge in [-0.3, -0.25) is 9.69 Å². The number of rotatable bonds is 5. The van der Waals surface area contributed by atoms with Crippen molar-refractivity contribution in [2.45, 2.75) is 44.9 Å². The third kappa shape index (κ3) is 2.69. The quantitative estimate of drug-likeness (QED) is 0.719. The predicted molar refractivity (Wildman–Crippen MR) is 53.3 cm³/mol. The molecule has 1 N–H and O–H groups in total. The second-order valence-corrected chi connectivity index (χ2v) is 4.14. The molecule has 4 nitrogen and oxygen atoms in total. The van der Waals surface area contributed by atoms with Gasteiger partial charge in [-0.15, -0.1) is 0 Å². The largest absolute Gasteiger partial charge is 0.480 e. The summed E-state index contributed by atoms with van der Waals surface area (Å²) in [6.45, 7) is 4.20. The molecule has 0 aliphatic heterocycles. The molecule has 4 heteroatoms. The van der Waals surface area contributed by atoms with Crippen LogP contribution in [-0.4, -0.2) is 47.8 Å². The maximum Gasteiger partial charge on any atom is 0.317 e. The standard InChI is InChI=1S/C10H19NO3/c1-7(2)11(6-10(12)13)8-4-9(5-8)14-3/h7-9H,4-6H2,1-3H3,(H,12,13). The first-order valence-corrected chi connectivity index (χ1v) is 5.05. The van der Waals surface area contributed by atoms with Crippen LogP contribution >= 0.6 is 0 Å². The Hall–Kier alpha value is -0.610. The highest BCUT2D eigenvalue weighted by Crippen LogP contribution is 2.28. The zero-order chi connectivity index (χ0) is 10.7. The summed E-state index contributed by atoms with van der Waals surface area (Å²) in [5.74, 6) is -0.750. The number of hydrogen-bond donors (Lipinski definition) is 1. The Morgan fingerprint density at radius 2 is 2.14 bits per heavy atom. The molecule has 0 aromatic heterocycles. The fourth-order valence-electron chi connectivity index (χ4n) is 1.89. The van der Waals surface area contributed by atoms with E-state index in [4.69, 9.17) is 9.84 Å². The highest BCUT2D eigenvalue weighted by atomic mass is 16.5. The molecule has 0 aromatic rings. The molecule has 1 rings (SSSR count). The van der Waals surface area contributed by atoms with E-state index in [1.807, 2.05) is 18.7 Å². The number of aliphatic carboxylic acids is 1. The van der Waals surface area contributed by atoms with Crippen molar-refractivity contribution in [1.29, 1.82) is 0 Å². The van der Waals surface area contributed by atoms with Crippen LogP contribution in [-0.2, 0) is 9.53 Å². The Morgan fingerprint density at radius 1 is 1.57 bits per heavy atom. The van der Waals surface area contributed by atoms with Crippen LogP contribution in [0.3, 0.4) is 0 Å². The summed E-state index contributed by atoms with van der Waals surface area (Å²) in [7, 11) is 1.71. The van der Waals surface area contributed by atoms with Crippen LogP contribution in [0.2, 0.25) is 0 Å². The Balaban J connectivity index is 2.41. The van der Waals surface area contributed by atoms with Gasteiger partial charge < -0.3 is 9.84 Å². The van der Waals surface area contributed by atoms with Crippen LogP contribution in [0, 0.1) is 0 Å². The first kappa shape index (κ1) is 11.5. The molecule has 0 atom stereocenters. The van der Waals surface area contributed by atoms with Crippen LogP contribution < -0.4 is 0 Å². The number of carboxylic acid groups (broad SMARTS) is 1. The van der Waals surface area contributed by atoms with E-state index in [1.165, 1.54) is 0 Å². The van der Waals surface area contributed by atoms with E-state index in [9.17, 15) is 4.79 Å². The molecule has 0 amide bonds. The van der Waals surface area contributed by atoms with Gasteiger partial charge in [0.15, 0.2) is 0 Å². The van der Waals surface area contributed by atoms with Crippen LogP contribution in [0.25, 0.3) is 0 Å². The van der Waals surface area contributed by atoms with Crippen molar-refractivity contribution in [3.8, 4) is 0 Å². The van der Waals surface area contributed by atoms with E-state index in [0.29, 0.717) is 12.1 Å². The average Bonchev–Trinajstić information content (AvgIpc) is 1.99. The zero-order valence-electron chi connectivity index (χ0n) is 9.06. The SMILES string of the molecule is COC1CC(N(CC(=O)O)C(C)C)C1. The maximum absolute atomic E-state index is 10.6. The highest BCUT2D eigenvalue weighted by molar-refractivity contribution is 5.69. The van der Waals surface area contributed by atoms with Gasteiger partial charge in [-0.05, 0) is 26.7 Å². The minimum absolute atomic E-state index is 0.138. The first-order valence-electron chi connectivity index (χ1n) is 5.05. The van der Waals surface area contributed by atoms with Gasteiger partial charge in [-0.25, -0.2) is 0 Å². The van der Waals surface area contributed by atoms with Gasteiger partial charge in [0.25, 0.3) is 0 Å². The van der Waals surface area contributed by atoms with Crippen LogP contribution in [0.15, 0.2) is 0 Å². The molecular formula is C10H19NO3. The molecule has 1 saturated carbocycles. The number of ether oxygens (including phenoxy) is 1. The van der Waals surface area contributed by atoms with Gasteiger partial charge in [0.2, 0.25) is 0 Å². The second-order valence-electron chi connectivity index (χ2n) is 4.14. The van der Waals surface area contributed by atoms with Crippen molar-refractivity contribution in [3.63, 3.8) is 0 Å². The minimum Gasteiger partial charge on any atom is -0.480 e. The smallest absolute Gasteiger partial charge is 0.317 e. The van der Waals surface area contributed by atoms with Gasteiger partial charge in [0, 0.05) is 19.2 Å². The molecule has 0 spiro atoms. The Morgan fingerprint density at radius 3 is 2.50 bits per heavy atom. The van der Waals surface area contributed by atoms with Crippen molar-refractivity contribution in [2.75, 3.05) is 13.7 Å². The lowest BCUT2D eigenvalue weighted by atomic mass is 9.87. The number of hydrogen-bond acceptors (Lipinski definition) is 3. The Bertz CT molecular complexity index is 200. The minimum atomic E-state index is -0.750. The Kier molecular flexibility index (Phi) is 3.89. The third-order valence-corrected chi connectivity index (χ3v) is 2.85. The molecule has 1 aliphatic rings. The topological polar surface area (TPSA) is 49.8 Å². The van der Waals surface area contributed by atoms with Crippen molar-refractivity contribution in [3.05, 3.63) is 0 Å². The summed E-state index contributed by atoms with van der Waals surface area (Å²) in [6, 6.07) is 0.671. The van der Waals surface area contributed by atoms with Gasteiger partial charge in [0.05, 0.1) is 12.6 Å². The molecule has 82 valence electrons. The molecule has 0 radical (unpaired) electrons. The summed E-state index contributed by atoms with van der Waals surface area (Å²) in [4.78, 5) is 12.7. The van der Waals surface area contributed by atoms with E-state index in [1.54, 1.807) is 7.11 Å². The molecule has 0 aromatic carbocycles. The van der Waals surface area contributed by atoms with E-state index >= 15 is 0 Å². The normalized spacial score (nSPS) is 26.6. The predicted octanol–water partition coefficient (Wildman–Crippen LogP) is 0.959. The number of carboxylic acids is 1. The van der Waals surface area contributed by atoms with E-state index in [-0.39, 0.29) is 12.6 Å². The fourth-order valence-corrected chi connectivity index (χ4v) is 1.89. The highest BCUT2D eigenvalue weighted by Gasteiger charge is 2.35. The molecule has 0 bridgehead atoms. The first-order chi connectivity index (χ1) is 6.54. The van der Waals surface area contributed by atoms with Crippen molar-refractivity contribution in [1.82, 2.24) is 4.90 Å². The summed E-state index contributed by atoms with van der Waals surface area (Å²) < 4.78 is 5.18. The van der Waals surface area contributed by atoms with Crippen LogP contribution in [0.1, 0.15) is 26.7 Å². The van der Waals surface area contributed by atoms with Gasteiger partial charge in [0.1, 0.15) is 0 Å². The molecule has 0 heterocycles. The Labute approximate surface area is 84.8 Å². The average molecular weight is 201 g/mol. The summed E-state index contributed by atoms with van der Waals surface area (Å²) in [5.41, 5.74) is 0. The van der Waals surface area contributed by atoms with E-state index < -0.39 is 5.97 Å². The molecule has 0 unspecified atom stereocenters. The molecule has 0 saturated heterocycles. The lowest BCUT2D eigenvalue weighted by Gasteiger charge is -2.43. The van der Waals surface area contributed by atoms with Crippen LogP contribution in [0.5, 0.6) is 0 Å². The zero-order valence-corrected chi connectivity index (χ0v) is 9.06. The lowest BCUT2D eigenvalue weighted by molar-refractivity contribution is -0.141. The number of methoxy groups -OCH3 is 1. The van der Waals surface area contributed by atoms with Crippen molar-refractivity contribution in [2.24, 2.45) is 0 Å². The van der Waals surface area contributed by atoms with Crippen molar-refractivity contribution >= 4 is 5.97 Å². The molecule has 1 fully saturated rings. The monoisotopic (exact) mass is 201 g/mol. The van der Waals surface area contributed by atoms with Crippen LogP contribution in [0.4, 0.5) is 0 Å². The summed E-state index contributed by atoms with van der Waals surface area (Å²) >= 11 is 0. The van der Waals surface area contributed by atoms with E-state index in [2.05, 4.69) is 0 Å². The van der Waals surface area contributed by atoms with E-state index in [0.717, 1.165) is 12.8 Å². The summed E-state index contributed by atoms with van der Waals surface area (Å²) in [6.07, 6.45) is 2.25. The number of nitrogens with zero attached hydrogens (tertiary/aromatic N) is 1. The third-order valence-electron chi connectivity index (χ3n) is 2.85. The fraction of sp³-hybridized carbons (Fsp3) is 0.900. The van der Waals surface area contributed by atoms with Crippen molar-refractivity contribution < 1.29 is 14.6 Å². The second kappa shape index (κ2) is 4.75. The molecule has 14 heavy (non-hydrogen) atoms. The molecular weight excluding hydrogens is 182 g/mol. The number of carbonyl (C=O) groups is 1. The van der Waals surface area contributed by atoms with Gasteiger partial charge >= 0.3 is 5.97 Å². The maximum atomic E-state index is 10.6. The van der Waals surface area contributed by atoms with Gasteiger partial charge in [-0.1, -0.05) is 0 Å². The summed E-state index contributed by atoms with van der Waals surface area (Å²) in [5, 5.41) is 8.75. The lowest BCUT2D eigenvalue weighted by Crippen LogP contribution is -2.52. The van der Waals surface area contributed by atoms with Gasteiger partial charge in [-0.2, -0.15) is 0 Å². The molecule has 1 aliphatic carbocycles.